The standard InChI is InChI=1S/C6H6BBrN/c1-7-5-3-2-4-9-6(5)8/h2-4H,1H3. The Hall–Kier alpha value is -0.305. The summed E-state index contributed by atoms with van der Waals surface area (Å²) in [5.41, 5.74) is 1.14. The lowest BCUT2D eigenvalue weighted by Gasteiger charge is -1.94. The van der Waals surface area contributed by atoms with Gasteiger partial charge in [0.15, 0.2) is 7.28 Å². The molecule has 1 heterocycles. The van der Waals surface area contributed by atoms with E-state index in [4.69, 9.17) is 0 Å². The lowest BCUT2D eigenvalue weighted by molar-refractivity contribution is 1.30. The highest BCUT2D eigenvalue weighted by Crippen LogP contribution is 1.98. The fraction of sp³-hybridized carbons (Fsp3) is 0.167. The van der Waals surface area contributed by atoms with Gasteiger partial charge in [-0.05, 0) is 22.0 Å². The molecule has 0 N–H and O–H groups in total. The smallest absolute Gasteiger partial charge is 0.151 e. The van der Waals surface area contributed by atoms with Crippen LogP contribution in [0.3, 0.4) is 0 Å². The monoisotopic (exact) mass is 182 g/mol. The van der Waals surface area contributed by atoms with Crippen LogP contribution in [0.15, 0.2) is 22.9 Å². The average Bonchev–Trinajstić information content (AvgIpc) is 1.89. The number of nitrogens with zero attached hydrogens (tertiary/aromatic N) is 1. The normalized spacial score (nSPS) is 9.11. The van der Waals surface area contributed by atoms with Crippen molar-refractivity contribution in [1.29, 1.82) is 0 Å². The van der Waals surface area contributed by atoms with Gasteiger partial charge in [0.1, 0.15) is 0 Å². The van der Waals surface area contributed by atoms with Gasteiger partial charge in [0.25, 0.3) is 0 Å². The van der Waals surface area contributed by atoms with E-state index in [1.807, 2.05) is 26.2 Å². The molecule has 1 aromatic rings. The molecule has 0 fully saturated rings. The molecule has 0 aliphatic carbocycles. The zero-order chi connectivity index (χ0) is 6.69. The predicted molar refractivity (Wildman–Crippen MR) is 43.2 cm³/mol. The van der Waals surface area contributed by atoms with Gasteiger partial charge < -0.3 is 0 Å². The topological polar surface area (TPSA) is 12.9 Å². The van der Waals surface area contributed by atoms with Crippen molar-refractivity contribution < 1.29 is 0 Å². The molecule has 1 nitrogen and oxygen atoms in total. The Morgan fingerprint density at radius 1 is 1.67 bits per heavy atom. The Bertz CT molecular complexity index is 202. The van der Waals surface area contributed by atoms with Crippen molar-refractivity contribution in [2.24, 2.45) is 0 Å². The van der Waals surface area contributed by atoms with E-state index in [9.17, 15) is 0 Å². The summed E-state index contributed by atoms with van der Waals surface area (Å²) in [5, 5.41) is 0. The quantitative estimate of drug-likeness (QED) is 0.471. The fourth-order valence-electron chi connectivity index (χ4n) is 0.614. The minimum atomic E-state index is 0.910. The lowest BCUT2D eigenvalue weighted by Crippen LogP contribution is -2.12. The highest BCUT2D eigenvalue weighted by Gasteiger charge is 1.94. The molecule has 9 heavy (non-hydrogen) atoms. The van der Waals surface area contributed by atoms with Gasteiger partial charge in [-0.2, -0.15) is 0 Å². The van der Waals surface area contributed by atoms with Crippen LogP contribution in [-0.4, -0.2) is 12.3 Å². The first-order valence-electron chi connectivity index (χ1n) is 2.74. The molecule has 3 heteroatoms. The van der Waals surface area contributed by atoms with E-state index in [-0.39, 0.29) is 0 Å². The van der Waals surface area contributed by atoms with E-state index < -0.39 is 0 Å². The van der Waals surface area contributed by atoms with Crippen LogP contribution in [0.4, 0.5) is 0 Å². The molecular weight excluding hydrogens is 177 g/mol. The SMILES string of the molecule is C[B]c1cccnc1Br. The van der Waals surface area contributed by atoms with E-state index in [2.05, 4.69) is 20.9 Å². The van der Waals surface area contributed by atoms with Crippen LogP contribution in [-0.2, 0) is 0 Å². The summed E-state index contributed by atoms with van der Waals surface area (Å²) in [5.74, 6) is 0. The Morgan fingerprint density at radius 2 is 2.44 bits per heavy atom. The zero-order valence-electron chi connectivity index (χ0n) is 5.13. The average molecular weight is 183 g/mol. The second-order valence-corrected chi connectivity index (χ2v) is 2.42. The summed E-state index contributed by atoms with van der Waals surface area (Å²) in [7, 11) is 2.01. The Kier molecular flexibility index (Phi) is 2.28. The van der Waals surface area contributed by atoms with Gasteiger partial charge >= 0.3 is 0 Å². The summed E-state index contributed by atoms with van der Waals surface area (Å²) in [4.78, 5) is 4.04. The van der Waals surface area contributed by atoms with Crippen LogP contribution in [0.1, 0.15) is 0 Å². The van der Waals surface area contributed by atoms with Crippen LogP contribution in [0.25, 0.3) is 0 Å². The molecule has 0 saturated heterocycles. The maximum absolute atomic E-state index is 4.04. The highest BCUT2D eigenvalue weighted by molar-refractivity contribution is 9.10. The zero-order valence-corrected chi connectivity index (χ0v) is 6.72. The summed E-state index contributed by atoms with van der Waals surface area (Å²) < 4.78 is 0.910. The van der Waals surface area contributed by atoms with Crippen LogP contribution >= 0.6 is 15.9 Å². The number of aromatic nitrogens is 1. The first-order chi connectivity index (χ1) is 4.34. The van der Waals surface area contributed by atoms with Crippen molar-refractivity contribution in [2.75, 3.05) is 0 Å². The van der Waals surface area contributed by atoms with Crippen molar-refractivity contribution in [1.82, 2.24) is 4.98 Å². The van der Waals surface area contributed by atoms with E-state index >= 15 is 0 Å². The van der Waals surface area contributed by atoms with Crippen molar-refractivity contribution in [3.05, 3.63) is 22.9 Å². The second-order valence-electron chi connectivity index (χ2n) is 1.67. The van der Waals surface area contributed by atoms with E-state index in [0.29, 0.717) is 0 Å². The second kappa shape index (κ2) is 3.02. The van der Waals surface area contributed by atoms with E-state index in [0.717, 1.165) is 10.1 Å². The molecule has 0 aliphatic rings. The number of hydrogen-bond donors (Lipinski definition) is 0. The molecule has 0 aromatic carbocycles. The highest BCUT2D eigenvalue weighted by atomic mass is 79.9. The molecule has 1 radical (unpaired) electrons. The number of rotatable bonds is 1. The van der Waals surface area contributed by atoms with E-state index in [1.54, 1.807) is 6.20 Å². The molecule has 0 bridgehead atoms. The van der Waals surface area contributed by atoms with Crippen LogP contribution in [0.2, 0.25) is 6.82 Å². The van der Waals surface area contributed by atoms with Gasteiger partial charge in [-0.25, -0.2) is 4.98 Å². The van der Waals surface area contributed by atoms with Crippen molar-refractivity contribution in [2.45, 2.75) is 6.82 Å². The first-order valence-corrected chi connectivity index (χ1v) is 3.54. The molecule has 0 unspecified atom stereocenters. The molecule has 1 rings (SSSR count). The predicted octanol–water partition coefficient (Wildman–Crippen LogP) is 1.22. The third-order valence-corrected chi connectivity index (χ3v) is 1.76. The van der Waals surface area contributed by atoms with Crippen molar-refractivity contribution in [3.63, 3.8) is 0 Å². The maximum Gasteiger partial charge on any atom is 0.151 e. The van der Waals surface area contributed by atoms with Crippen LogP contribution in [0.5, 0.6) is 0 Å². The molecule has 0 saturated carbocycles. The molecule has 0 amide bonds. The largest absolute Gasteiger partial charge is 0.250 e. The van der Waals surface area contributed by atoms with Gasteiger partial charge in [0.2, 0.25) is 0 Å². The Balaban J connectivity index is 3.01. The van der Waals surface area contributed by atoms with Crippen LogP contribution < -0.4 is 5.46 Å². The van der Waals surface area contributed by atoms with Gasteiger partial charge in [0, 0.05) is 6.20 Å². The molecule has 0 atom stereocenters. The lowest BCUT2D eigenvalue weighted by atomic mass is 9.74. The number of pyridine rings is 1. The molecule has 0 aliphatic heterocycles. The summed E-state index contributed by atoms with van der Waals surface area (Å²) in [6.45, 7) is 1.99. The van der Waals surface area contributed by atoms with E-state index in [1.165, 1.54) is 0 Å². The number of halogens is 1. The van der Waals surface area contributed by atoms with Gasteiger partial charge in [0.05, 0.1) is 4.60 Å². The molecule has 0 spiro atoms. The van der Waals surface area contributed by atoms with Gasteiger partial charge in [-0.1, -0.05) is 18.4 Å². The first kappa shape index (κ1) is 6.81. The minimum absolute atomic E-state index is 0.910. The molecule has 1 aromatic heterocycles. The van der Waals surface area contributed by atoms with Gasteiger partial charge in [-0.3, -0.25) is 0 Å². The number of hydrogen-bond acceptors (Lipinski definition) is 1. The van der Waals surface area contributed by atoms with Crippen molar-refractivity contribution in [3.8, 4) is 0 Å². The molecule has 45 valence electrons. The maximum atomic E-state index is 4.04. The Labute approximate surface area is 63.9 Å². The van der Waals surface area contributed by atoms with Gasteiger partial charge in [-0.15, -0.1) is 0 Å². The molecular formula is C6H6BBrN. The summed E-state index contributed by atoms with van der Waals surface area (Å²) in [6, 6.07) is 3.93. The summed E-state index contributed by atoms with van der Waals surface area (Å²) >= 11 is 3.31. The Morgan fingerprint density at radius 3 is 2.89 bits per heavy atom. The third-order valence-electron chi connectivity index (χ3n) is 1.10. The van der Waals surface area contributed by atoms with Crippen LogP contribution in [0, 0.1) is 0 Å². The fourth-order valence-corrected chi connectivity index (χ4v) is 1.09. The third kappa shape index (κ3) is 1.55. The summed E-state index contributed by atoms with van der Waals surface area (Å²) in [6.07, 6.45) is 1.76. The minimum Gasteiger partial charge on any atom is -0.250 e. The van der Waals surface area contributed by atoms with Crippen molar-refractivity contribution >= 4 is 28.7 Å².